The quantitative estimate of drug-likeness (QED) is 0.808. The Bertz CT molecular complexity index is 806. The highest BCUT2D eigenvalue weighted by Gasteiger charge is 2.64. The van der Waals surface area contributed by atoms with Crippen molar-refractivity contribution in [3.05, 3.63) is 29.8 Å². The number of benzene rings is 1. The fourth-order valence-corrected chi connectivity index (χ4v) is 4.58. The Morgan fingerprint density at radius 3 is 2.70 bits per heavy atom. The molecule has 1 heterocycles. The van der Waals surface area contributed by atoms with Crippen LogP contribution in [0.1, 0.15) is 18.4 Å². The number of esters is 2. The van der Waals surface area contributed by atoms with Gasteiger partial charge < -0.3 is 14.8 Å². The van der Waals surface area contributed by atoms with Crippen molar-refractivity contribution in [2.24, 2.45) is 23.7 Å². The number of anilines is 1. The Morgan fingerprint density at radius 2 is 1.96 bits per heavy atom. The highest BCUT2D eigenvalue weighted by Crippen LogP contribution is 2.57. The molecule has 2 saturated carbocycles. The number of carbonyl (C=O) groups is 3. The predicted octanol–water partition coefficient (Wildman–Crippen LogP) is 2.38. The van der Waals surface area contributed by atoms with Crippen LogP contribution in [0.4, 0.5) is 18.9 Å². The Balaban J connectivity index is 1.37. The molecular formula is C18H16F3NO5. The second kappa shape index (κ2) is 6.24. The SMILES string of the molecule is O=C(COC(=O)[C@@H]1[C@@H]2C[C@@H]3[C@@H]1C(=O)O[C@H]3C2)Nc1ccccc1C(F)(F)F. The van der Waals surface area contributed by atoms with E-state index in [0.717, 1.165) is 12.1 Å². The van der Waals surface area contributed by atoms with E-state index in [9.17, 15) is 27.6 Å². The molecule has 1 aromatic carbocycles. The third kappa shape index (κ3) is 3.04. The molecule has 1 amide bonds. The molecule has 2 aliphatic carbocycles. The molecular weight excluding hydrogens is 367 g/mol. The van der Waals surface area contributed by atoms with E-state index in [-0.39, 0.29) is 17.9 Å². The van der Waals surface area contributed by atoms with Crippen LogP contribution < -0.4 is 5.32 Å². The molecule has 6 nitrogen and oxygen atoms in total. The molecule has 2 bridgehead atoms. The fraction of sp³-hybridized carbons (Fsp3) is 0.500. The topological polar surface area (TPSA) is 81.7 Å². The number of amides is 1. The molecule has 0 radical (unpaired) electrons. The van der Waals surface area contributed by atoms with Gasteiger partial charge in [-0.3, -0.25) is 14.4 Å². The second-order valence-corrected chi connectivity index (χ2v) is 7.12. The first-order valence-corrected chi connectivity index (χ1v) is 8.59. The minimum atomic E-state index is -4.62. The Morgan fingerprint density at radius 1 is 1.22 bits per heavy atom. The third-order valence-electron chi connectivity index (χ3n) is 5.61. The standard InChI is InChI=1S/C18H16F3NO5/c19-18(20,21)10-3-1-2-4-11(10)22-13(23)7-26-16(24)14-8-5-9-12(6-8)27-17(25)15(9)14/h1-4,8-9,12,14-15H,5-7H2,(H,22,23)/t8-,9+,12+,14-,15+/m1/s1. The van der Waals surface area contributed by atoms with Gasteiger partial charge in [0.05, 0.1) is 23.1 Å². The number of para-hydroxylation sites is 1. The number of carbonyl (C=O) groups excluding carboxylic acids is 3. The minimum absolute atomic E-state index is 0.0158. The number of rotatable bonds is 4. The summed E-state index contributed by atoms with van der Waals surface area (Å²) >= 11 is 0. The van der Waals surface area contributed by atoms with Crippen molar-refractivity contribution in [1.29, 1.82) is 0 Å². The van der Waals surface area contributed by atoms with E-state index in [1.807, 2.05) is 0 Å². The van der Waals surface area contributed by atoms with E-state index in [0.29, 0.717) is 12.8 Å². The van der Waals surface area contributed by atoms with E-state index < -0.39 is 53.7 Å². The van der Waals surface area contributed by atoms with Crippen LogP contribution in [0, 0.1) is 23.7 Å². The zero-order chi connectivity index (χ0) is 19.3. The van der Waals surface area contributed by atoms with Gasteiger partial charge in [-0.1, -0.05) is 12.1 Å². The van der Waals surface area contributed by atoms with Gasteiger partial charge in [0.15, 0.2) is 6.61 Å². The maximum Gasteiger partial charge on any atom is 0.418 e. The first-order chi connectivity index (χ1) is 12.8. The summed E-state index contributed by atoms with van der Waals surface area (Å²) in [6.45, 7) is -0.718. The molecule has 1 saturated heterocycles. The molecule has 1 aliphatic heterocycles. The van der Waals surface area contributed by atoms with Crippen LogP contribution in [0.2, 0.25) is 0 Å². The number of hydrogen-bond donors (Lipinski definition) is 1. The monoisotopic (exact) mass is 383 g/mol. The summed E-state index contributed by atoms with van der Waals surface area (Å²) in [5.74, 6) is -3.13. The lowest BCUT2D eigenvalue weighted by molar-refractivity contribution is -0.157. The molecule has 5 atom stereocenters. The number of hydrogen-bond acceptors (Lipinski definition) is 5. The lowest BCUT2D eigenvalue weighted by Gasteiger charge is -2.22. The van der Waals surface area contributed by atoms with Crippen LogP contribution in [0.25, 0.3) is 0 Å². The van der Waals surface area contributed by atoms with Gasteiger partial charge in [0, 0.05) is 5.92 Å². The van der Waals surface area contributed by atoms with Crippen molar-refractivity contribution in [3.8, 4) is 0 Å². The van der Waals surface area contributed by atoms with Crippen LogP contribution in [0.3, 0.4) is 0 Å². The number of fused-ring (bicyclic) bond motifs is 1. The zero-order valence-electron chi connectivity index (χ0n) is 14.0. The molecule has 9 heteroatoms. The summed E-state index contributed by atoms with van der Waals surface area (Å²) in [5.41, 5.74) is -1.40. The smallest absolute Gasteiger partial charge is 0.418 e. The van der Waals surface area contributed by atoms with Crippen molar-refractivity contribution < 1.29 is 37.0 Å². The number of halogens is 3. The normalized spacial score (nSPS) is 30.9. The van der Waals surface area contributed by atoms with E-state index >= 15 is 0 Å². The van der Waals surface area contributed by atoms with Gasteiger partial charge in [0.2, 0.25) is 0 Å². The molecule has 4 rings (SSSR count). The zero-order valence-corrected chi connectivity index (χ0v) is 14.0. The van der Waals surface area contributed by atoms with Crippen LogP contribution >= 0.6 is 0 Å². The van der Waals surface area contributed by atoms with Gasteiger partial charge >= 0.3 is 18.1 Å². The van der Waals surface area contributed by atoms with Crippen LogP contribution in [-0.2, 0) is 30.0 Å². The number of alkyl halides is 3. The average Bonchev–Trinajstić information content (AvgIpc) is 3.21. The van der Waals surface area contributed by atoms with Crippen LogP contribution in [0.15, 0.2) is 24.3 Å². The molecule has 3 fully saturated rings. The molecule has 0 unspecified atom stereocenters. The lowest BCUT2D eigenvalue weighted by atomic mass is 9.80. The average molecular weight is 383 g/mol. The number of nitrogens with one attached hydrogen (secondary N) is 1. The first-order valence-electron chi connectivity index (χ1n) is 8.59. The van der Waals surface area contributed by atoms with Crippen LogP contribution in [0.5, 0.6) is 0 Å². The third-order valence-corrected chi connectivity index (χ3v) is 5.61. The Hall–Kier alpha value is -2.58. The van der Waals surface area contributed by atoms with Gasteiger partial charge in [-0.05, 0) is 30.9 Å². The second-order valence-electron chi connectivity index (χ2n) is 7.12. The Kier molecular flexibility index (Phi) is 4.12. The molecule has 144 valence electrons. The maximum atomic E-state index is 12.9. The fourth-order valence-electron chi connectivity index (χ4n) is 4.58. The van der Waals surface area contributed by atoms with Crippen molar-refractivity contribution in [1.82, 2.24) is 0 Å². The molecule has 27 heavy (non-hydrogen) atoms. The molecule has 1 N–H and O–H groups in total. The summed E-state index contributed by atoms with van der Waals surface area (Å²) < 4.78 is 49.1. The maximum absolute atomic E-state index is 12.9. The molecule has 0 spiro atoms. The van der Waals surface area contributed by atoms with E-state index in [4.69, 9.17) is 9.47 Å². The van der Waals surface area contributed by atoms with E-state index in [1.165, 1.54) is 12.1 Å². The van der Waals surface area contributed by atoms with Gasteiger partial charge in [-0.25, -0.2) is 0 Å². The molecule has 3 aliphatic rings. The predicted molar refractivity (Wildman–Crippen MR) is 84.1 cm³/mol. The van der Waals surface area contributed by atoms with E-state index in [2.05, 4.69) is 5.32 Å². The van der Waals surface area contributed by atoms with E-state index in [1.54, 1.807) is 0 Å². The summed E-state index contributed by atoms with van der Waals surface area (Å²) in [4.78, 5) is 36.2. The molecule has 0 aromatic heterocycles. The summed E-state index contributed by atoms with van der Waals surface area (Å²) in [6, 6.07) is 4.53. The highest BCUT2D eigenvalue weighted by molar-refractivity contribution is 5.94. The summed E-state index contributed by atoms with van der Waals surface area (Å²) in [6.07, 6.45) is -3.42. The summed E-state index contributed by atoms with van der Waals surface area (Å²) in [7, 11) is 0. The molecule has 1 aromatic rings. The number of ether oxygens (including phenoxy) is 2. The van der Waals surface area contributed by atoms with Crippen molar-refractivity contribution in [3.63, 3.8) is 0 Å². The van der Waals surface area contributed by atoms with Gasteiger partial charge in [-0.15, -0.1) is 0 Å². The van der Waals surface area contributed by atoms with Gasteiger partial charge in [0.25, 0.3) is 5.91 Å². The van der Waals surface area contributed by atoms with Crippen LogP contribution in [-0.4, -0.2) is 30.6 Å². The van der Waals surface area contributed by atoms with Crippen molar-refractivity contribution >= 4 is 23.5 Å². The highest BCUT2D eigenvalue weighted by atomic mass is 19.4. The largest absolute Gasteiger partial charge is 0.462 e. The first kappa shape index (κ1) is 17.8. The van der Waals surface area contributed by atoms with Gasteiger partial charge in [-0.2, -0.15) is 13.2 Å². The van der Waals surface area contributed by atoms with Crippen molar-refractivity contribution in [2.75, 3.05) is 11.9 Å². The van der Waals surface area contributed by atoms with Gasteiger partial charge in [0.1, 0.15) is 6.10 Å². The Labute approximate surface area is 152 Å². The summed E-state index contributed by atoms with van der Waals surface area (Å²) in [5, 5.41) is 2.11. The van der Waals surface area contributed by atoms with Crippen molar-refractivity contribution in [2.45, 2.75) is 25.1 Å². The minimum Gasteiger partial charge on any atom is -0.462 e. The lowest BCUT2D eigenvalue weighted by Crippen LogP contribution is -2.35.